The highest BCUT2D eigenvalue weighted by Gasteiger charge is 2.04. The lowest BCUT2D eigenvalue weighted by molar-refractivity contribution is 1.06. The van der Waals surface area contributed by atoms with Crippen LogP contribution in [0, 0.1) is 0 Å². The molecule has 2 aromatic rings. The maximum atomic E-state index is 4.28. The Morgan fingerprint density at radius 1 is 1.44 bits per heavy atom. The van der Waals surface area contributed by atoms with E-state index in [1.165, 1.54) is 10.4 Å². The summed E-state index contributed by atoms with van der Waals surface area (Å²) in [5.41, 5.74) is 1.42. The number of anilines is 1. The van der Waals surface area contributed by atoms with Gasteiger partial charge in [-0.15, -0.1) is 11.3 Å². The minimum absolute atomic E-state index is 0.844. The number of nitrogens with one attached hydrogen (secondary N) is 1. The molecule has 0 aliphatic carbocycles. The molecule has 0 fully saturated rings. The monoisotopic (exact) mass is 296 g/mol. The number of hydrogen-bond acceptors (Lipinski definition) is 3. The maximum Gasteiger partial charge on any atom is 0.140 e. The van der Waals surface area contributed by atoms with E-state index in [-0.39, 0.29) is 0 Å². The lowest BCUT2D eigenvalue weighted by Gasteiger charge is -2.07. The first-order valence-electron chi connectivity index (χ1n) is 5.21. The zero-order valence-electron chi connectivity index (χ0n) is 9.03. The van der Waals surface area contributed by atoms with Crippen molar-refractivity contribution in [2.75, 3.05) is 5.32 Å². The number of nitrogens with zero attached hydrogens (tertiary/aromatic N) is 1. The molecule has 16 heavy (non-hydrogen) atoms. The Kier molecular flexibility index (Phi) is 3.96. The Morgan fingerprint density at radius 3 is 3.06 bits per heavy atom. The largest absolute Gasteiger partial charge is 0.364 e. The van der Waals surface area contributed by atoms with E-state index in [1.807, 2.05) is 12.1 Å². The fraction of sp³-hybridized carbons (Fsp3) is 0.250. The van der Waals surface area contributed by atoms with Crippen molar-refractivity contribution in [3.8, 4) is 0 Å². The third kappa shape index (κ3) is 2.62. The molecule has 0 spiro atoms. The lowest BCUT2D eigenvalue weighted by atomic mass is 10.2. The molecule has 2 nitrogen and oxygen atoms in total. The standard InChI is InChI=1S/C12H13BrN2S/c1-2-9-5-7-16-11(9)8-15-12-10(13)4-3-6-14-12/h3-7H,2,8H2,1H3,(H,14,15). The minimum Gasteiger partial charge on any atom is -0.364 e. The van der Waals surface area contributed by atoms with Crippen molar-refractivity contribution in [3.63, 3.8) is 0 Å². The van der Waals surface area contributed by atoms with Crippen molar-refractivity contribution in [1.82, 2.24) is 4.98 Å². The quantitative estimate of drug-likeness (QED) is 0.919. The van der Waals surface area contributed by atoms with E-state index >= 15 is 0 Å². The number of aromatic nitrogens is 1. The molecule has 84 valence electrons. The topological polar surface area (TPSA) is 24.9 Å². The molecule has 0 bridgehead atoms. The summed E-state index contributed by atoms with van der Waals surface area (Å²) in [6.45, 7) is 3.03. The van der Waals surface area contributed by atoms with Crippen molar-refractivity contribution in [3.05, 3.63) is 44.7 Å². The van der Waals surface area contributed by atoms with Crippen LogP contribution in [-0.4, -0.2) is 4.98 Å². The number of pyridine rings is 1. The molecule has 0 atom stereocenters. The van der Waals surface area contributed by atoms with Gasteiger partial charge < -0.3 is 5.32 Å². The highest BCUT2D eigenvalue weighted by atomic mass is 79.9. The predicted octanol–water partition coefficient (Wildman–Crippen LogP) is 4.08. The van der Waals surface area contributed by atoms with Crippen LogP contribution in [0.1, 0.15) is 17.4 Å². The molecule has 4 heteroatoms. The van der Waals surface area contributed by atoms with Gasteiger partial charge in [-0.3, -0.25) is 0 Å². The van der Waals surface area contributed by atoms with Crippen molar-refractivity contribution >= 4 is 33.1 Å². The summed E-state index contributed by atoms with van der Waals surface area (Å²) in [4.78, 5) is 5.67. The Hall–Kier alpha value is -0.870. The van der Waals surface area contributed by atoms with Crippen LogP contribution in [0.25, 0.3) is 0 Å². The lowest BCUT2D eigenvalue weighted by Crippen LogP contribution is -2.01. The van der Waals surface area contributed by atoms with Gasteiger partial charge in [0.25, 0.3) is 0 Å². The number of thiophene rings is 1. The van der Waals surface area contributed by atoms with Gasteiger partial charge in [0.1, 0.15) is 5.82 Å². The van der Waals surface area contributed by atoms with Gasteiger partial charge in [-0.25, -0.2) is 4.98 Å². The van der Waals surface area contributed by atoms with Crippen molar-refractivity contribution in [1.29, 1.82) is 0 Å². The van der Waals surface area contributed by atoms with Gasteiger partial charge in [0.2, 0.25) is 0 Å². The predicted molar refractivity (Wildman–Crippen MR) is 73.0 cm³/mol. The van der Waals surface area contributed by atoms with Crippen LogP contribution in [0.4, 0.5) is 5.82 Å². The summed E-state index contributed by atoms with van der Waals surface area (Å²) < 4.78 is 1.00. The highest BCUT2D eigenvalue weighted by molar-refractivity contribution is 9.10. The maximum absolute atomic E-state index is 4.28. The number of halogens is 1. The van der Waals surface area contributed by atoms with Crippen molar-refractivity contribution < 1.29 is 0 Å². The Bertz CT molecular complexity index is 468. The second-order valence-corrected chi connectivity index (χ2v) is 5.26. The molecule has 0 radical (unpaired) electrons. The van der Waals surface area contributed by atoms with E-state index in [1.54, 1.807) is 17.5 Å². The summed E-state index contributed by atoms with van der Waals surface area (Å²) in [5, 5.41) is 5.48. The molecule has 2 rings (SSSR count). The molecule has 0 unspecified atom stereocenters. The van der Waals surface area contributed by atoms with Gasteiger partial charge in [-0.05, 0) is 51.5 Å². The van der Waals surface area contributed by atoms with E-state index in [4.69, 9.17) is 0 Å². The van der Waals surface area contributed by atoms with Gasteiger partial charge >= 0.3 is 0 Å². The van der Waals surface area contributed by atoms with Crippen LogP contribution in [-0.2, 0) is 13.0 Å². The molecular weight excluding hydrogens is 284 g/mol. The second kappa shape index (κ2) is 5.46. The first-order chi connectivity index (χ1) is 7.81. The zero-order chi connectivity index (χ0) is 11.4. The molecule has 2 aromatic heterocycles. The summed E-state index contributed by atoms with van der Waals surface area (Å²) >= 11 is 5.27. The smallest absolute Gasteiger partial charge is 0.140 e. The zero-order valence-corrected chi connectivity index (χ0v) is 11.4. The average molecular weight is 297 g/mol. The van der Waals surface area contributed by atoms with E-state index in [9.17, 15) is 0 Å². The molecule has 0 aliphatic rings. The van der Waals surface area contributed by atoms with E-state index < -0.39 is 0 Å². The van der Waals surface area contributed by atoms with Crippen LogP contribution < -0.4 is 5.32 Å². The van der Waals surface area contributed by atoms with Crippen LogP contribution in [0.5, 0.6) is 0 Å². The normalized spacial score (nSPS) is 10.4. The summed E-state index contributed by atoms with van der Waals surface area (Å²) in [5.74, 6) is 0.901. The Morgan fingerprint density at radius 2 is 2.31 bits per heavy atom. The van der Waals surface area contributed by atoms with Gasteiger partial charge in [0.15, 0.2) is 0 Å². The van der Waals surface area contributed by atoms with Gasteiger partial charge in [-0.2, -0.15) is 0 Å². The number of rotatable bonds is 4. The number of aryl methyl sites for hydroxylation is 1. The minimum atomic E-state index is 0.844. The summed E-state index contributed by atoms with van der Waals surface area (Å²) in [6.07, 6.45) is 2.88. The molecule has 0 aliphatic heterocycles. The first kappa shape index (κ1) is 11.6. The fourth-order valence-corrected chi connectivity index (χ4v) is 2.83. The molecule has 0 saturated carbocycles. The third-order valence-corrected chi connectivity index (χ3v) is 4.00. The van der Waals surface area contributed by atoms with Crippen molar-refractivity contribution in [2.45, 2.75) is 19.9 Å². The SMILES string of the molecule is CCc1ccsc1CNc1ncccc1Br. The second-order valence-electron chi connectivity index (χ2n) is 3.41. The first-order valence-corrected chi connectivity index (χ1v) is 6.88. The van der Waals surface area contributed by atoms with E-state index in [0.29, 0.717) is 0 Å². The molecule has 0 amide bonds. The molecule has 1 N–H and O–H groups in total. The van der Waals surface area contributed by atoms with Crippen LogP contribution >= 0.6 is 27.3 Å². The summed E-state index contributed by atoms with van der Waals surface area (Å²) in [7, 11) is 0. The van der Waals surface area contributed by atoms with Crippen LogP contribution in [0.3, 0.4) is 0 Å². The molecular formula is C12H13BrN2S. The van der Waals surface area contributed by atoms with Gasteiger partial charge in [0.05, 0.1) is 11.0 Å². The Labute approximate surface area is 108 Å². The molecule has 2 heterocycles. The fourth-order valence-electron chi connectivity index (χ4n) is 1.52. The van der Waals surface area contributed by atoms with Crippen LogP contribution in [0.15, 0.2) is 34.2 Å². The van der Waals surface area contributed by atoms with E-state index in [0.717, 1.165) is 23.3 Å². The van der Waals surface area contributed by atoms with Gasteiger partial charge in [-0.1, -0.05) is 6.92 Å². The third-order valence-electron chi connectivity index (χ3n) is 2.39. The van der Waals surface area contributed by atoms with E-state index in [2.05, 4.69) is 44.6 Å². The van der Waals surface area contributed by atoms with Gasteiger partial charge in [0, 0.05) is 11.1 Å². The summed E-state index contributed by atoms with van der Waals surface area (Å²) in [6, 6.07) is 6.09. The molecule has 0 aromatic carbocycles. The highest BCUT2D eigenvalue weighted by Crippen LogP contribution is 2.22. The van der Waals surface area contributed by atoms with Crippen LogP contribution in [0.2, 0.25) is 0 Å². The average Bonchev–Trinajstić information content (AvgIpc) is 2.75. The van der Waals surface area contributed by atoms with Crippen molar-refractivity contribution in [2.24, 2.45) is 0 Å². The molecule has 0 saturated heterocycles. The number of hydrogen-bond donors (Lipinski definition) is 1. The Balaban J connectivity index is 2.05.